The van der Waals surface area contributed by atoms with Crippen LogP contribution in [0.5, 0.6) is 0 Å². The Balaban J connectivity index is 3.99. The molecule has 0 aromatic heterocycles. The van der Waals surface area contributed by atoms with Gasteiger partial charge in [-0.2, -0.15) is 0 Å². The maximum Gasteiger partial charge on any atom is 0.237 e. The summed E-state index contributed by atoms with van der Waals surface area (Å²) in [6, 6.07) is 0. The van der Waals surface area contributed by atoms with Gasteiger partial charge in [-0.1, -0.05) is 26.7 Å². The molecule has 0 rings (SSSR count). The van der Waals surface area contributed by atoms with Crippen LogP contribution in [0.3, 0.4) is 0 Å². The van der Waals surface area contributed by atoms with Crippen LogP contribution in [0.15, 0.2) is 0 Å². The molecule has 0 aliphatic heterocycles. The van der Waals surface area contributed by atoms with Crippen LogP contribution in [0.4, 0.5) is 0 Å². The number of amides is 2. The van der Waals surface area contributed by atoms with Crippen molar-refractivity contribution >= 4 is 12.3 Å². The van der Waals surface area contributed by atoms with Crippen molar-refractivity contribution in [3.63, 3.8) is 0 Å². The van der Waals surface area contributed by atoms with E-state index in [9.17, 15) is 9.59 Å². The SMILES string of the molecule is CCCC(CC)CN(C=O)CC(N)=O. The average molecular weight is 200 g/mol. The van der Waals surface area contributed by atoms with Crippen molar-refractivity contribution in [3.8, 4) is 0 Å². The minimum absolute atomic E-state index is 0.0315. The van der Waals surface area contributed by atoms with E-state index in [1.807, 2.05) is 0 Å². The monoisotopic (exact) mass is 200 g/mol. The second-order valence-electron chi connectivity index (χ2n) is 3.56. The van der Waals surface area contributed by atoms with Crippen LogP contribution in [-0.4, -0.2) is 30.3 Å². The lowest BCUT2D eigenvalue weighted by Crippen LogP contribution is -2.36. The van der Waals surface area contributed by atoms with Crippen molar-refractivity contribution in [1.29, 1.82) is 0 Å². The predicted molar refractivity (Wildman–Crippen MR) is 55.5 cm³/mol. The van der Waals surface area contributed by atoms with E-state index in [1.54, 1.807) is 0 Å². The van der Waals surface area contributed by atoms with Gasteiger partial charge in [0.05, 0.1) is 6.54 Å². The molecule has 1 unspecified atom stereocenters. The van der Waals surface area contributed by atoms with Gasteiger partial charge in [-0.3, -0.25) is 9.59 Å². The number of nitrogens with zero attached hydrogens (tertiary/aromatic N) is 1. The Labute approximate surface area is 85.4 Å². The molecule has 0 saturated heterocycles. The van der Waals surface area contributed by atoms with E-state index < -0.39 is 5.91 Å². The second kappa shape index (κ2) is 7.35. The Morgan fingerprint density at radius 3 is 2.50 bits per heavy atom. The molecule has 0 saturated carbocycles. The van der Waals surface area contributed by atoms with Gasteiger partial charge in [0.15, 0.2) is 0 Å². The van der Waals surface area contributed by atoms with Gasteiger partial charge in [-0.25, -0.2) is 0 Å². The summed E-state index contributed by atoms with van der Waals surface area (Å²) in [4.78, 5) is 22.7. The van der Waals surface area contributed by atoms with E-state index in [0.29, 0.717) is 18.9 Å². The Kier molecular flexibility index (Phi) is 6.80. The summed E-state index contributed by atoms with van der Waals surface area (Å²) in [7, 11) is 0. The Morgan fingerprint density at radius 2 is 2.14 bits per heavy atom. The summed E-state index contributed by atoms with van der Waals surface area (Å²) >= 11 is 0. The highest BCUT2D eigenvalue weighted by atomic mass is 16.2. The van der Waals surface area contributed by atoms with Gasteiger partial charge in [0.1, 0.15) is 0 Å². The Hall–Kier alpha value is -1.06. The van der Waals surface area contributed by atoms with Crippen LogP contribution in [0.1, 0.15) is 33.1 Å². The molecule has 0 bridgehead atoms. The van der Waals surface area contributed by atoms with Crippen molar-refractivity contribution in [2.24, 2.45) is 11.7 Å². The molecule has 0 aromatic carbocycles. The lowest BCUT2D eigenvalue weighted by atomic mass is 10.0. The fraction of sp³-hybridized carbons (Fsp3) is 0.800. The molecule has 0 aliphatic carbocycles. The first-order chi connectivity index (χ1) is 6.63. The van der Waals surface area contributed by atoms with Crippen LogP contribution in [0.2, 0.25) is 0 Å². The summed E-state index contributed by atoms with van der Waals surface area (Å²) in [6.07, 6.45) is 3.90. The lowest BCUT2D eigenvalue weighted by molar-refractivity contribution is -0.126. The summed E-state index contributed by atoms with van der Waals surface area (Å²) in [6.45, 7) is 4.87. The molecular formula is C10H20N2O2. The fourth-order valence-electron chi connectivity index (χ4n) is 1.51. The van der Waals surface area contributed by atoms with Crippen LogP contribution in [0.25, 0.3) is 0 Å². The van der Waals surface area contributed by atoms with Gasteiger partial charge in [-0.05, 0) is 12.3 Å². The fourth-order valence-corrected chi connectivity index (χ4v) is 1.51. The van der Waals surface area contributed by atoms with Crippen molar-refractivity contribution in [3.05, 3.63) is 0 Å². The van der Waals surface area contributed by atoms with Gasteiger partial charge in [0.25, 0.3) is 0 Å². The number of carbonyl (C=O) groups is 2. The molecule has 0 aromatic rings. The molecule has 0 radical (unpaired) electrons. The zero-order valence-corrected chi connectivity index (χ0v) is 9.03. The van der Waals surface area contributed by atoms with Crippen LogP contribution >= 0.6 is 0 Å². The number of rotatable bonds is 8. The van der Waals surface area contributed by atoms with Gasteiger partial charge in [0, 0.05) is 6.54 Å². The van der Waals surface area contributed by atoms with Crippen molar-refractivity contribution in [2.45, 2.75) is 33.1 Å². The molecule has 0 heterocycles. The van der Waals surface area contributed by atoms with Crippen molar-refractivity contribution in [1.82, 2.24) is 4.90 Å². The Morgan fingerprint density at radius 1 is 1.50 bits per heavy atom. The van der Waals surface area contributed by atoms with E-state index in [1.165, 1.54) is 4.90 Å². The first-order valence-corrected chi connectivity index (χ1v) is 5.11. The highest BCUT2D eigenvalue weighted by Crippen LogP contribution is 2.11. The molecule has 0 fully saturated rings. The predicted octanol–water partition coefficient (Wildman–Crippen LogP) is 0.756. The molecule has 2 N–H and O–H groups in total. The largest absolute Gasteiger partial charge is 0.368 e. The lowest BCUT2D eigenvalue weighted by Gasteiger charge is -2.21. The summed E-state index contributed by atoms with van der Waals surface area (Å²) in [5.74, 6) is 0.0213. The minimum atomic E-state index is -0.455. The van der Waals surface area contributed by atoms with Crippen LogP contribution < -0.4 is 5.73 Å². The molecule has 0 aliphatic rings. The topological polar surface area (TPSA) is 63.4 Å². The average Bonchev–Trinajstić information content (AvgIpc) is 2.15. The smallest absolute Gasteiger partial charge is 0.237 e. The van der Waals surface area contributed by atoms with Crippen LogP contribution in [-0.2, 0) is 9.59 Å². The van der Waals surface area contributed by atoms with Gasteiger partial charge in [0.2, 0.25) is 12.3 Å². The summed E-state index contributed by atoms with van der Waals surface area (Å²) in [5.41, 5.74) is 5.02. The zero-order valence-electron chi connectivity index (χ0n) is 9.03. The second-order valence-corrected chi connectivity index (χ2v) is 3.56. The highest BCUT2D eigenvalue weighted by molar-refractivity contribution is 5.77. The first-order valence-electron chi connectivity index (χ1n) is 5.11. The molecule has 14 heavy (non-hydrogen) atoms. The maximum atomic E-state index is 10.6. The van der Waals surface area contributed by atoms with E-state index in [0.717, 1.165) is 19.3 Å². The van der Waals surface area contributed by atoms with E-state index >= 15 is 0 Å². The van der Waals surface area contributed by atoms with E-state index in [4.69, 9.17) is 5.73 Å². The number of hydrogen-bond donors (Lipinski definition) is 1. The third-order valence-electron chi connectivity index (χ3n) is 2.27. The van der Waals surface area contributed by atoms with Gasteiger partial charge < -0.3 is 10.6 Å². The molecule has 1 atom stereocenters. The molecule has 0 spiro atoms. The quantitative estimate of drug-likeness (QED) is 0.588. The van der Waals surface area contributed by atoms with E-state index in [2.05, 4.69) is 13.8 Å². The summed E-state index contributed by atoms with van der Waals surface area (Å²) < 4.78 is 0. The number of hydrogen-bond acceptors (Lipinski definition) is 2. The molecular weight excluding hydrogens is 180 g/mol. The third-order valence-corrected chi connectivity index (χ3v) is 2.27. The maximum absolute atomic E-state index is 10.6. The molecule has 2 amide bonds. The Bertz CT molecular complexity index is 183. The van der Waals surface area contributed by atoms with E-state index in [-0.39, 0.29) is 6.54 Å². The normalized spacial score (nSPS) is 12.1. The number of nitrogens with two attached hydrogens (primary N) is 1. The zero-order chi connectivity index (χ0) is 11.0. The first kappa shape index (κ1) is 12.9. The number of carbonyl (C=O) groups excluding carboxylic acids is 2. The van der Waals surface area contributed by atoms with Crippen molar-refractivity contribution < 1.29 is 9.59 Å². The highest BCUT2D eigenvalue weighted by Gasteiger charge is 2.11. The molecule has 82 valence electrons. The van der Waals surface area contributed by atoms with Gasteiger partial charge in [-0.15, -0.1) is 0 Å². The third kappa shape index (κ3) is 5.56. The molecule has 4 nitrogen and oxygen atoms in total. The minimum Gasteiger partial charge on any atom is -0.368 e. The standard InChI is InChI=1S/C10H20N2O2/c1-3-5-9(4-2)6-12(8-13)7-10(11)14/h8-9H,3-7H2,1-2H3,(H2,11,14). The van der Waals surface area contributed by atoms with Crippen molar-refractivity contribution in [2.75, 3.05) is 13.1 Å². The summed E-state index contributed by atoms with van der Waals surface area (Å²) in [5, 5.41) is 0. The molecule has 4 heteroatoms. The van der Waals surface area contributed by atoms with Crippen LogP contribution in [0, 0.1) is 5.92 Å². The van der Waals surface area contributed by atoms with Gasteiger partial charge >= 0.3 is 0 Å². The number of primary amides is 1.